The molecule has 1 aliphatic heterocycles. The predicted octanol–water partition coefficient (Wildman–Crippen LogP) is 5.75. The molecular weight excluding hydrogens is 598 g/mol. The lowest BCUT2D eigenvalue weighted by atomic mass is 9.88. The molecule has 1 amide bonds. The van der Waals surface area contributed by atoms with E-state index in [0.717, 1.165) is 30.8 Å². The number of anilines is 2. The van der Waals surface area contributed by atoms with Crippen LogP contribution in [0.3, 0.4) is 0 Å². The van der Waals surface area contributed by atoms with Crippen LogP contribution in [0, 0.1) is 11.8 Å². The van der Waals surface area contributed by atoms with Crippen LogP contribution in [-0.2, 0) is 12.7 Å². The van der Waals surface area contributed by atoms with E-state index < -0.39 is 17.6 Å². The number of ether oxygens (including phenoxy) is 1. The zero-order valence-electron chi connectivity index (χ0n) is 20.3. The molecule has 0 bridgehead atoms. The van der Waals surface area contributed by atoms with Crippen molar-refractivity contribution in [1.29, 1.82) is 0 Å². The van der Waals surface area contributed by atoms with Crippen molar-refractivity contribution in [3.8, 4) is 5.88 Å². The molecule has 0 aliphatic carbocycles. The summed E-state index contributed by atoms with van der Waals surface area (Å²) in [6, 6.07) is 11.2. The van der Waals surface area contributed by atoms with Gasteiger partial charge < -0.3 is 20.7 Å². The minimum atomic E-state index is -4.44. The number of nitrogens with one attached hydrogen (secondary N) is 3. The lowest BCUT2D eigenvalue weighted by Crippen LogP contribution is -2.57. The standard InChI is InChI=1S/C26H27F3IN5O2/c1-16(2)25(30,19-14-31-15-19)37-22-12-17(9-11-32-22)13-34-23-21(4-3-10-33-23)24(36)35-20-7-5-18(6-8-20)26(27,28)29/h3-12,16,19,31H,13-15H2,1-2H3,(H,33,34)(H,35,36). The highest BCUT2D eigenvalue weighted by Crippen LogP contribution is 2.40. The molecule has 37 heavy (non-hydrogen) atoms. The molecule has 2 aromatic heterocycles. The molecule has 3 aromatic rings. The van der Waals surface area contributed by atoms with E-state index in [1.54, 1.807) is 24.5 Å². The Labute approximate surface area is 226 Å². The first-order valence-corrected chi connectivity index (χ1v) is 12.8. The van der Waals surface area contributed by atoms with Gasteiger partial charge in [0.25, 0.3) is 5.91 Å². The number of amides is 1. The number of benzene rings is 1. The molecule has 0 spiro atoms. The van der Waals surface area contributed by atoms with E-state index in [4.69, 9.17) is 4.74 Å². The number of nitrogens with zero attached hydrogens (tertiary/aromatic N) is 2. The summed E-state index contributed by atoms with van der Waals surface area (Å²) in [6.45, 7) is 6.43. The fourth-order valence-electron chi connectivity index (χ4n) is 3.87. The molecule has 7 nitrogen and oxygen atoms in total. The summed E-state index contributed by atoms with van der Waals surface area (Å²) >= 11 is 2.39. The third-order valence-corrected chi connectivity index (χ3v) is 8.51. The van der Waals surface area contributed by atoms with Crippen LogP contribution in [0.5, 0.6) is 5.88 Å². The average molecular weight is 625 g/mol. The van der Waals surface area contributed by atoms with E-state index in [0.29, 0.717) is 24.2 Å². The zero-order valence-corrected chi connectivity index (χ0v) is 22.4. The smallest absolute Gasteiger partial charge is 0.416 e. The van der Waals surface area contributed by atoms with Crippen LogP contribution in [0.4, 0.5) is 24.7 Å². The SMILES string of the molecule is CC(C)C(I)(Oc1cc(CNc2ncccc2C(=O)Nc2ccc(C(F)(F)F)cc2)ccn1)C1CNC1. The highest BCUT2D eigenvalue weighted by molar-refractivity contribution is 14.1. The molecule has 1 unspecified atom stereocenters. The maximum Gasteiger partial charge on any atom is 0.416 e. The van der Waals surface area contributed by atoms with Crippen molar-refractivity contribution in [1.82, 2.24) is 15.3 Å². The maximum absolute atomic E-state index is 12.9. The van der Waals surface area contributed by atoms with E-state index in [2.05, 4.69) is 62.4 Å². The molecule has 1 saturated heterocycles. The monoisotopic (exact) mass is 625 g/mol. The highest BCUT2D eigenvalue weighted by atomic mass is 127. The van der Waals surface area contributed by atoms with Crippen molar-refractivity contribution in [3.63, 3.8) is 0 Å². The van der Waals surface area contributed by atoms with Gasteiger partial charge in [-0.1, -0.05) is 13.8 Å². The Morgan fingerprint density at radius 3 is 2.49 bits per heavy atom. The molecule has 196 valence electrons. The van der Waals surface area contributed by atoms with Gasteiger partial charge in [0.1, 0.15) is 5.82 Å². The van der Waals surface area contributed by atoms with Gasteiger partial charge in [-0.15, -0.1) is 0 Å². The van der Waals surface area contributed by atoms with Crippen LogP contribution in [-0.4, -0.2) is 32.6 Å². The van der Waals surface area contributed by atoms with Gasteiger partial charge in [0.2, 0.25) is 5.88 Å². The molecule has 1 atom stereocenters. The number of aromatic nitrogens is 2. The van der Waals surface area contributed by atoms with Gasteiger partial charge in [-0.05, 0) is 70.6 Å². The number of hydrogen-bond donors (Lipinski definition) is 3. The third-order valence-electron chi connectivity index (χ3n) is 6.17. The summed E-state index contributed by atoms with van der Waals surface area (Å²) in [5.74, 6) is 1.04. The van der Waals surface area contributed by atoms with Crippen LogP contribution in [0.15, 0.2) is 60.9 Å². The van der Waals surface area contributed by atoms with Gasteiger partial charge in [-0.2, -0.15) is 13.2 Å². The molecular formula is C26H27F3IN5O2. The normalized spacial score (nSPS) is 15.5. The summed E-state index contributed by atoms with van der Waals surface area (Å²) in [5.41, 5.74) is 0.612. The summed E-state index contributed by atoms with van der Waals surface area (Å²) in [5, 5.41) is 9.08. The Morgan fingerprint density at radius 2 is 1.86 bits per heavy atom. The zero-order chi connectivity index (χ0) is 26.6. The van der Waals surface area contributed by atoms with E-state index in [1.807, 2.05) is 12.1 Å². The Morgan fingerprint density at radius 1 is 1.14 bits per heavy atom. The van der Waals surface area contributed by atoms with E-state index >= 15 is 0 Å². The highest BCUT2D eigenvalue weighted by Gasteiger charge is 2.45. The van der Waals surface area contributed by atoms with Crippen molar-refractivity contribution in [2.24, 2.45) is 11.8 Å². The first kappa shape index (κ1) is 27.1. The molecule has 4 rings (SSSR count). The number of rotatable bonds is 9. The van der Waals surface area contributed by atoms with Crippen molar-refractivity contribution >= 4 is 40.0 Å². The number of alkyl halides is 4. The number of carbonyl (C=O) groups excluding carboxylic acids is 1. The lowest BCUT2D eigenvalue weighted by molar-refractivity contribution is -0.137. The molecule has 0 radical (unpaired) electrons. The summed E-state index contributed by atoms with van der Waals surface area (Å²) in [4.78, 5) is 21.5. The average Bonchev–Trinajstić information content (AvgIpc) is 2.81. The first-order valence-electron chi connectivity index (χ1n) is 11.8. The molecule has 1 fully saturated rings. The maximum atomic E-state index is 12.9. The van der Waals surface area contributed by atoms with Crippen LogP contribution in [0.1, 0.15) is 35.3 Å². The van der Waals surface area contributed by atoms with Gasteiger partial charge in [0, 0.05) is 55.6 Å². The van der Waals surface area contributed by atoms with E-state index in [9.17, 15) is 18.0 Å². The second-order valence-electron chi connectivity index (χ2n) is 9.09. The van der Waals surface area contributed by atoms with Gasteiger partial charge >= 0.3 is 6.18 Å². The molecule has 3 heterocycles. The Bertz CT molecular complexity index is 1240. The predicted molar refractivity (Wildman–Crippen MR) is 144 cm³/mol. The fourth-order valence-corrected chi connectivity index (χ4v) is 4.54. The van der Waals surface area contributed by atoms with E-state index in [-0.39, 0.29) is 20.8 Å². The summed E-state index contributed by atoms with van der Waals surface area (Å²) < 4.78 is 44.4. The second-order valence-corrected chi connectivity index (χ2v) is 10.8. The topological polar surface area (TPSA) is 88.2 Å². The van der Waals surface area contributed by atoms with Crippen molar-refractivity contribution in [3.05, 3.63) is 77.6 Å². The van der Waals surface area contributed by atoms with Gasteiger partial charge in [0.15, 0.2) is 3.61 Å². The minimum Gasteiger partial charge on any atom is -0.460 e. The Balaban J connectivity index is 1.43. The van der Waals surface area contributed by atoms with Gasteiger partial charge in [0.05, 0.1) is 11.1 Å². The van der Waals surface area contributed by atoms with Gasteiger partial charge in [-0.25, -0.2) is 9.97 Å². The van der Waals surface area contributed by atoms with Crippen molar-refractivity contribution < 1.29 is 22.7 Å². The summed E-state index contributed by atoms with van der Waals surface area (Å²) in [7, 11) is 0. The van der Waals surface area contributed by atoms with E-state index in [1.165, 1.54) is 12.1 Å². The second kappa shape index (κ2) is 11.2. The lowest BCUT2D eigenvalue weighted by Gasteiger charge is -2.44. The fraction of sp³-hybridized carbons (Fsp3) is 0.346. The number of carbonyl (C=O) groups is 1. The van der Waals surface area contributed by atoms with Crippen LogP contribution < -0.4 is 20.7 Å². The molecule has 0 saturated carbocycles. The summed E-state index contributed by atoms with van der Waals surface area (Å²) in [6.07, 6.45) is -1.21. The van der Waals surface area contributed by atoms with Crippen LogP contribution >= 0.6 is 22.6 Å². The largest absolute Gasteiger partial charge is 0.460 e. The Hall–Kier alpha value is -2.93. The Kier molecular flexibility index (Phi) is 8.22. The van der Waals surface area contributed by atoms with Crippen LogP contribution in [0.25, 0.3) is 0 Å². The van der Waals surface area contributed by atoms with Crippen LogP contribution in [0.2, 0.25) is 0 Å². The first-order chi connectivity index (χ1) is 17.6. The van der Waals surface area contributed by atoms with Gasteiger partial charge in [-0.3, -0.25) is 4.79 Å². The number of pyridine rings is 2. The third kappa shape index (κ3) is 6.50. The number of halogens is 4. The molecule has 3 N–H and O–H groups in total. The molecule has 1 aliphatic rings. The molecule has 11 heteroatoms. The van der Waals surface area contributed by atoms with Crippen molar-refractivity contribution in [2.45, 2.75) is 30.2 Å². The quantitative estimate of drug-likeness (QED) is 0.208. The van der Waals surface area contributed by atoms with Crippen molar-refractivity contribution in [2.75, 3.05) is 23.7 Å². The number of hydrogen-bond acceptors (Lipinski definition) is 6. The molecule has 1 aromatic carbocycles. The minimum absolute atomic E-state index is 0.248.